The Morgan fingerprint density at radius 3 is 2.64 bits per heavy atom. The van der Waals surface area contributed by atoms with Crippen LogP contribution in [0.5, 0.6) is 0 Å². The van der Waals surface area contributed by atoms with Crippen LogP contribution < -0.4 is 5.32 Å². The zero-order valence-electron chi connectivity index (χ0n) is 13.9. The van der Waals surface area contributed by atoms with Crippen LogP contribution in [0.3, 0.4) is 0 Å². The molecule has 2 heterocycles. The molecule has 0 atom stereocenters. The standard InChI is InChI=1S/C17H20N2O5S/c1-11-14-10-13(25(21,22)19-6-8-23-9-7-19)4-5-15(14)24-16(11)17(20)18-12-2-3-12/h4-5,10,12H,2-3,6-9H2,1H3,(H,18,20). The number of carbonyl (C=O) groups excluding carboxylic acids is 1. The number of carbonyl (C=O) groups is 1. The van der Waals surface area contributed by atoms with Gasteiger partial charge in [-0.05, 0) is 38.0 Å². The first kappa shape index (κ1) is 16.6. The summed E-state index contributed by atoms with van der Waals surface area (Å²) in [5.74, 6) is 0.0107. The third kappa shape index (κ3) is 3.05. The lowest BCUT2D eigenvalue weighted by atomic mass is 10.1. The molecule has 1 N–H and O–H groups in total. The van der Waals surface area contributed by atoms with Gasteiger partial charge in [0.1, 0.15) is 5.58 Å². The van der Waals surface area contributed by atoms with Gasteiger partial charge in [0.2, 0.25) is 10.0 Å². The lowest BCUT2D eigenvalue weighted by Crippen LogP contribution is -2.40. The van der Waals surface area contributed by atoms with Crippen molar-refractivity contribution in [3.05, 3.63) is 29.5 Å². The minimum Gasteiger partial charge on any atom is -0.451 e. The summed E-state index contributed by atoms with van der Waals surface area (Å²) in [4.78, 5) is 12.5. The molecule has 1 aromatic heterocycles. The molecular formula is C17H20N2O5S. The highest BCUT2D eigenvalue weighted by Gasteiger charge is 2.29. The molecule has 0 spiro atoms. The van der Waals surface area contributed by atoms with Gasteiger partial charge in [-0.15, -0.1) is 0 Å². The summed E-state index contributed by atoms with van der Waals surface area (Å²) >= 11 is 0. The first-order valence-electron chi connectivity index (χ1n) is 8.39. The van der Waals surface area contributed by atoms with Gasteiger partial charge >= 0.3 is 0 Å². The fourth-order valence-corrected chi connectivity index (χ4v) is 4.43. The number of fused-ring (bicyclic) bond motifs is 1. The van der Waals surface area contributed by atoms with Crippen LogP contribution >= 0.6 is 0 Å². The van der Waals surface area contributed by atoms with Gasteiger partial charge in [-0.2, -0.15) is 4.31 Å². The Morgan fingerprint density at radius 1 is 1.24 bits per heavy atom. The fourth-order valence-electron chi connectivity index (χ4n) is 2.99. The van der Waals surface area contributed by atoms with Crippen LogP contribution in [-0.2, 0) is 14.8 Å². The maximum Gasteiger partial charge on any atom is 0.287 e. The van der Waals surface area contributed by atoms with Crippen molar-refractivity contribution in [2.75, 3.05) is 26.3 Å². The van der Waals surface area contributed by atoms with E-state index in [1.54, 1.807) is 19.1 Å². The van der Waals surface area contributed by atoms with Crippen molar-refractivity contribution in [3.63, 3.8) is 0 Å². The van der Waals surface area contributed by atoms with E-state index in [1.807, 2.05) is 0 Å². The van der Waals surface area contributed by atoms with Crippen LogP contribution in [0.2, 0.25) is 0 Å². The Bertz CT molecular complexity index is 924. The predicted octanol–water partition coefficient (Wildman–Crippen LogP) is 1.65. The van der Waals surface area contributed by atoms with Crippen molar-refractivity contribution in [2.45, 2.75) is 30.7 Å². The first-order valence-corrected chi connectivity index (χ1v) is 9.83. The summed E-state index contributed by atoms with van der Waals surface area (Å²) in [6.07, 6.45) is 1.99. The number of aryl methyl sites for hydroxylation is 1. The van der Waals surface area contributed by atoms with E-state index in [2.05, 4.69) is 5.32 Å². The van der Waals surface area contributed by atoms with Gasteiger partial charge in [0.15, 0.2) is 5.76 Å². The zero-order valence-corrected chi connectivity index (χ0v) is 14.8. The number of hydrogen-bond acceptors (Lipinski definition) is 5. The van der Waals surface area contributed by atoms with Crippen LogP contribution in [0.1, 0.15) is 29.0 Å². The Labute approximate surface area is 146 Å². The molecular weight excluding hydrogens is 344 g/mol. The highest BCUT2D eigenvalue weighted by molar-refractivity contribution is 7.89. The van der Waals surface area contributed by atoms with Crippen LogP contribution in [0.15, 0.2) is 27.5 Å². The maximum atomic E-state index is 12.8. The molecule has 1 aromatic carbocycles. The summed E-state index contributed by atoms with van der Waals surface area (Å²) in [7, 11) is -3.58. The highest BCUT2D eigenvalue weighted by atomic mass is 32.2. The van der Waals surface area contributed by atoms with E-state index in [1.165, 1.54) is 10.4 Å². The summed E-state index contributed by atoms with van der Waals surface area (Å²) in [6, 6.07) is 4.96. The second kappa shape index (κ2) is 6.12. The summed E-state index contributed by atoms with van der Waals surface area (Å²) < 4.78 is 37.9. The third-order valence-corrected chi connectivity index (χ3v) is 6.53. The molecule has 1 aliphatic heterocycles. The van der Waals surface area contributed by atoms with Crippen LogP contribution in [0, 0.1) is 6.92 Å². The molecule has 1 aliphatic carbocycles. The fraction of sp³-hybridized carbons (Fsp3) is 0.471. The molecule has 0 unspecified atom stereocenters. The van der Waals surface area contributed by atoms with Gasteiger partial charge < -0.3 is 14.5 Å². The first-order chi connectivity index (χ1) is 12.0. The van der Waals surface area contributed by atoms with Crippen molar-refractivity contribution in [1.82, 2.24) is 9.62 Å². The number of sulfonamides is 1. The van der Waals surface area contributed by atoms with Gasteiger partial charge in [-0.3, -0.25) is 4.79 Å². The number of rotatable bonds is 4. The van der Waals surface area contributed by atoms with Crippen LogP contribution in [-0.4, -0.2) is 51.0 Å². The number of nitrogens with zero attached hydrogens (tertiary/aromatic N) is 1. The molecule has 0 bridgehead atoms. The second-order valence-corrected chi connectivity index (χ2v) is 8.42. The summed E-state index contributed by atoms with van der Waals surface area (Å²) in [5, 5.41) is 3.54. The highest BCUT2D eigenvalue weighted by Crippen LogP contribution is 2.30. The lowest BCUT2D eigenvalue weighted by molar-refractivity contribution is 0.0730. The molecule has 4 rings (SSSR count). The Hall–Kier alpha value is -1.90. The van der Waals surface area contributed by atoms with Gasteiger partial charge in [0.05, 0.1) is 18.1 Å². The molecule has 1 amide bonds. The SMILES string of the molecule is Cc1c(C(=O)NC2CC2)oc2ccc(S(=O)(=O)N3CCOCC3)cc12. The maximum absolute atomic E-state index is 12.8. The Kier molecular flexibility index (Phi) is 4.05. The van der Waals surface area contributed by atoms with Crippen molar-refractivity contribution in [3.8, 4) is 0 Å². The molecule has 1 saturated carbocycles. The van der Waals surface area contributed by atoms with E-state index < -0.39 is 10.0 Å². The lowest BCUT2D eigenvalue weighted by Gasteiger charge is -2.26. The van der Waals surface area contributed by atoms with E-state index in [4.69, 9.17) is 9.15 Å². The number of amides is 1. The topological polar surface area (TPSA) is 88.8 Å². The average molecular weight is 364 g/mol. The van der Waals surface area contributed by atoms with Crippen LogP contribution in [0.25, 0.3) is 11.0 Å². The van der Waals surface area contributed by atoms with E-state index in [9.17, 15) is 13.2 Å². The predicted molar refractivity (Wildman–Crippen MR) is 91.0 cm³/mol. The Morgan fingerprint density at radius 2 is 1.96 bits per heavy atom. The number of furan rings is 1. The van der Waals surface area contributed by atoms with Gasteiger partial charge in [0, 0.05) is 30.1 Å². The number of morpholine rings is 1. The molecule has 25 heavy (non-hydrogen) atoms. The van der Waals surface area contributed by atoms with E-state index in [0.717, 1.165) is 12.8 Å². The molecule has 2 aromatic rings. The third-order valence-electron chi connectivity index (χ3n) is 4.63. The number of nitrogens with one attached hydrogen (secondary N) is 1. The molecule has 0 radical (unpaired) electrons. The van der Waals surface area contributed by atoms with E-state index in [-0.39, 0.29) is 22.6 Å². The van der Waals surface area contributed by atoms with Crippen molar-refractivity contribution in [1.29, 1.82) is 0 Å². The smallest absolute Gasteiger partial charge is 0.287 e. The zero-order chi connectivity index (χ0) is 17.6. The van der Waals surface area contributed by atoms with Gasteiger partial charge in [0.25, 0.3) is 5.91 Å². The van der Waals surface area contributed by atoms with Gasteiger partial charge in [-0.1, -0.05) is 0 Å². The van der Waals surface area contributed by atoms with Crippen molar-refractivity contribution in [2.24, 2.45) is 0 Å². The monoisotopic (exact) mass is 364 g/mol. The molecule has 2 fully saturated rings. The molecule has 1 saturated heterocycles. The van der Waals surface area contributed by atoms with Crippen LogP contribution in [0.4, 0.5) is 0 Å². The molecule has 2 aliphatic rings. The largest absolute Gasteiger partial charge is 0.451 e. The van der Waals surface area contributed by atoms with Gasteiger partial charge in [-0.25, -0.2) is 8.42 Å². The second-order valence-electron chi connectivity index (χ2n) is 6.48. The number of hydrogen-bond donors (Lipinski definition) is 1. The minimum atomic E-state index is -3.58. The normalized spacial score (nSPS) is 19.2. The van der Waals surface area contributed by atoms with Crippen molar-refractivity contribution < 1.29 is 22.4 Å². The van der Waals surface area contributed by atoms with E-state index >= 15 is 0 Å². The molecule has 8 heteroatoms. The number of benzene rings is 1. The van der Waals surface area contributed by atoms with Crippen molar-refractivity contribution >= 4 is 26.9 Å². The van der Waals surface area contributed by atoms with E-state index in [0.29, 0.717) is 42.8 Å². The molecule has 134 valence electrons. The quantitative estimate of drug-likeness (QED) is 0.891. The molecule has 7 nitrogen and oxygen atoms in total. The Balaban J connectivity index is 1.69. The summed E-state index contributed by atoms with van der Waals surface area (Å²) in [6.45, 7) is 3.27. The summed E-state index contributed by atoms with van der Waals surface area (Å²) in [5.41, 5.74) is 1.17. The minimum absolute atomic E-state index is 0.208. The average Bonchev–Trinajstić information content (AvgIpc) is 3.37. The number of ether oxygens (including phenoxy) is 1.